The van der Waals surface area contributed by atoms with Gasteiger partial charge in [-0.1, -0.05) is 19.3 Å². The number of hydrogen-bond acceptors (Lipinski definition) is 3. The second-order valence-electron chi connectivity index (χ2n) is 6.94. The molecular weight excluding hydrogens is 252 g/mol. The number of amides is 1. The van der Waals surface area contributed by atoms with E-state index in [0.29, 0.717) is 6.04 Å². The minimum Gasteiger partial charge on any atom is -0.377 e. The molecule has 2 fully saturated rings. The maximum atomic E-state index is 12.5. The van der Waals surface area contributed by atoms with Crippen LogP contribution in [0.25, 0.3) is 0 Å². The van der Waals surface area contributed by atoms with E-state index in [4.69, 9.17) is 4.74 Å². The Bertz CT molecular complexity index is 324. The first-order valence-electron chi connectivity index (χ1n) is 8.11. The van der Waals surface area contributed by atoms with Crippen molar-refractivity contribution in [2.24, 2.45) is 0 Å². The molecule has 1 amide bonds. The molecule has 1 atom stereocenters. The summed E-state index contributed by atoms with van der Waals surface area (Å²) in [7, 11) is 1.74. The Hall–Kier alpha value is -0.610. The van der Waals surface area contributed by atoms with Crippen molar-refractivity contribution < 1.29 is 9.53 Å². The van der Waals surface area contributed by atoms with E-state index in [1.165, 1.54) is 19.3 Å². The fourth-order valence-corrected chi connectivity index (χ4v) is 3.41. The Morgan fingerprint density at radius 1 is 1.20 bits per heavy atom. The molecule has 0 bridgehead atoms. The molecule has 116 valence electrons. The molecule has 0 aromatic heterocycles. The minimum absolute atomic E-state index is 0.0475. The molecule has 1 aliphatic carbocycles. The summed E-state index contributed by atoms with van der Waals surface area (Å²) in [6.07, 6.45) is 8.25. The number of rotatable bonds is 5. The highest BCUT2D eigenvalue weighted by Gasteiger charge is 2.35. The largest absolute Gasteiger partial charge is 0.377 e. The monoisotopic (exact) mass is 282 g/mol. The van der Waals surface area contributed by atoms with Crippen molar-refractivity contribution >= 4 is 5.91 Å². The van der Waals surface area contributed by atoms with Crippen LogP contribution in [0, 0.1) is 0 Å². The molecule has 0 spiro atoms. The van der Waals surface area contributed by atoms with E-state index >= 15 is 0 Å². The SMILES string of the molecule is COC(C)(C)CN1CCC[C@@H]1C(=O)NC1CCCCC1. The van der Waals surface area contributed by atoms with Crippen molar-refractivity contribution in [3.05, 3.63) is 0 Å². The van der Waals surface area contributed by atoms with Gasteiger partial charge in [-0.25, -0.2) is 0 Å². The Kier molecular flexibility index (Phi) is 5.44. The van der Waals surface area contributed by atoms with E-state index < -0.39 is 0 Å². The molecule has 0 aromatic carbocycles. The topological polar surface area (TPSA) is 41.6 Å². The maximum absolute atomic E-state index is 12.5. The van der Waals surface area contributed by atoms with Crippen molar-refractivity contribution in [1.29, 1.82) is 0 Å². The Balaban J connectivity index is 1.87. The number of carbonyl (C=O) groups is 1. The lowest BCUT2D eigenvalue weighted by Gasteiger charge is -2.33. The van der Waals surface area contributed by atoms with Gasteiger partial charge in [0.25, 0.3) is 0 Å². The van der Waals surface area contributed by atoms with Crippen LogP contribution in [-0.2, 0) is 9.53 Å². The summed E-state index contributed by atoms with van der Waals surface area (Å²) >= 11 is 0. The number of nitrogens with zero attached hydrogens (tertiary/aromatic N) is 1. The van der Waals surface area contributed by atoms with Crippen LogP contribution in [-0.4, -0.2) is 48.7 Å². The zero-order valence-corrected chi connectivity index (χ0v) is 13.3. The fourth-order valence-electron chi connectivity index (χ4n) is 3.41. The third kappa shape index (κ3) is 4.19. The summed E-state index contributed by atoms with van der Waals surface area (Å²) in [5.74, 6) is 0.237. The minimum atomic E-state index is -0.187. The van der Waals surface area contributed by atoms with Crippen LogP contribution in [0.1, 0.15) is 58.8 Å². The molecule has 0 unspecified atom stereocenters. The lowest BCUT2D eigenvalue weighted by molar-refractivity contribution is -0.127. The molecule has 4 heteroatoms. The molecule has 1 aliphatic heterocycles. The number of ether oxygens (including phenoxy) is 1. The van der Waals surface area contributed by atoms with Crippen LogP contribution in [0.4, 0.5) is 0 Å². The lowest BCUT2D eigenvalue weighted by atomic mass is 9.95. The van der Waals surface area contributed by atoms with Gasteiger partial charge >= 0.3 is 0 Å². The Labute approximate surface area is 123 Å². The highest BCUT2D eigenvalue weighted by molar-refractivity contribution is 5.82. The van der Waals surface area contributed by atoms with E-state index in [1.54, 1.807) is 7.11 Å². The molecule has 2 rings (SSSR count). The average Bonchev–Trinajstić information content (AvgIpc) is 2.87. The second kappa shape index (κ2) is 6.90. The highest BCUT2D eigenvalue weighted by atomic mass is 16.5. The van der Waals surface area contributed by atoms with Gasteiger partial charge in [-0.3, -0.25) is 9.69 Å². The van der Waals surface area contributed by atoms with Crippen LogP contribution >= 0.6 is 0 Å². The third-order valence-corrected chi connectivity index (χ3v) is 4.75. The van der Waals surface area contributed by atoms with Crippen molar-refractivity contribution in [2.45, 2.75) is 76.5 Å². The summed E-state index contributed by atoms with van der Waals surface area (Å²) in [6.45, 7) is 6.00. The van der Waals surface area contributed by atoms with Crippen molar-refractivity contribution in [3.8, 4) is 0 Å². The first-order valence-corrected chi connectivity index (χ1v) is 8.11. The molecule has 1 N–H and O–H groups in total. The summed E-state index contributed by atoms with van der Waals surface area (Å²) in [6, 6.07) is 0.459. The van der Waals surface area contributed by atoms with E-state index in [1.807, 2.05) is 0 Å². The van der Waals surface area contributed by atoms with Gasteiger partial charge in [0, 0.05) is 19.7 Å². The number of likely N-dealkylation sites (tertiary alicyclic amines) is 1. The first-order chi connectivity index (χ1) is 9.52. The second-order valence-corrected chi connectivity index (χ2v) is 6.94. The standard InChI is InChI=1S/C16H30N2O2/c1-16(2,20-3)12-18-11-7-10-14(18)15(19)17-13-8-5-4-6-9-13/h13-14H,4-12H2,1-3H3,(H,17,19)/t14-/m1/s1. The predicted octanol–water partition coefficient (Wildman–Crippen LogP) is 2.32. The number of nitrogens with one attached hydrogen (secondary N) is 1. The smallest absolute Gasteiger partial charge is 0.237 e. The van der Waals surface area contributed by atoms with Gasteiger partial charge in [-0.15, -0.1) is 0 Å². The fraction of sp³-hybridized carbons (Fsp3) is 0.938. The molecule has 0 radical (unpaired) electrons. The van der Waals surface area contributed by atoms with Gasteiger partial charge < -0.3 is 10.1 Å². The first kappa shape index (κ1) is 15.8. The van der Waals surface area contributed by atoms with Gasteiger partial charge in [0.1, 0.15) is 0 Å². The van der Waals surface area contributed by atoms with Crippen LogP contribution in [0.5, 0.6) is 0 Å². The lowest BCUT2D eigenvalue weighted by Crippen LogP contribution is -2.50. The maximum Gasteiger partial charge on any atom is 0.237 e. The molecule has 0 aromatic rings. The van der Waals surface area contributed by atoms with E-state index in [-0.39, 0.29) is 17.6 Å². The zero-order chi connectivity index (χ0) is 14.6. The molecule has 1 saturated heterocycles. The molecule has 4 nitrogen and oxygen atoms in total. The number of carbonyl (C=O) groups excluding carboxylic acids is 1. The van der Waals surface area contributed by atoms with Gasteiger partial charge in [-0.05, 0) is 46.1 Å². The van der Waals surface area contributed by atoms with Crippen molar-refractivity contribution in [1.82, 2.24) is 10.2 Å². The zero-order valence-electron chi connectivity index (χ0n) is 13.3. The molecule has 20 heavy (non-hydrogen) atoms. The van der Waals surface area contributed by atoms with E-state index in [9.17, 15) is 4.79 Å². The molecular formula is C16H30N2O2. The van der Waals surface area contributed by atoms with Crippen molar-refractivity contribution in [3.63, 3.8) is 0 Å². The van der Waals surface area contributed by atoms with Crippen LogP contribution in [0.3, 0.4) is 0 Å². The molecule has 1 saturated carbocycles. The van der Waals surface area contributed by atoms with Crippen LogP contribution in [0.15, 0.2) is 0 Å². The summed E-state index contributed by atoms with van der Waals surface area (Å²) < 4.78 is 5.50. The normalized spacial score (nSPS) is 25.9. The predicted molar refractivity (Wildman–Crippen MR) is 80.7 cm³/mol. The quantitative estimate of drug-likeness (QED) is 0.841. The highest BCUT2D eigenvalue weighted by Crippen LogP contribution is 2.23. The third-order valence-electron chi connectivity index (χ3n) is 4.75. The summed E-state index contributed by atoms with van der Waals surface area (Å²) in [4.78, 5) is 14.8. The molecule has 1 heterocycles. The van der Waals surface area contributed by atoms with Gasteiger partial charge in [0.2, 0.25) is 5.91 Å². The van der Waals surface area contributed by atoms with Crippen LogP contribution in [0.2, 0.25) is 0 Å². The van der Waals surface area contributed by atoms with Gasteiger partial charge in [-0.2, -0.15) is 0 Å². The average molecular weight is 282 g/mol. The van der Waals surface area contributed by atoms with E-state index in [0.717, 1.165) is 38.8 Å². The van der Waals surface area contributed by atoms with Crippen LogP contribution < -0.4 is 5.32 Å². The summed E-state index contributed by atoms with van der Waals surface area (Å²) in [5.41, 5.74) is -0.187. The number of hydrogen-bond donors (Lipinski definition) is 1. The van der Waals surface area contributed by atoms with E-state index in [2.05, 4.69) is 24.1 Å². The summed E-state index contributed by atoms with van der Waals surface area (Å²) in [5, 5.41) is 3.27. The van der Waals surface area contributed by atoms with Crippen molar-refractivity contribution in [2.75, 3.05) is 20.2 Å². The Morgan fingerprint density at radius 2 is 1.90 bits per heavy atom. The Morgan fingerprint density at radius 3 is 2.55 bits per heavy atom. The van der Waals surface area contributed by atoms with Gasteiger partial charge in [0.15, 0.2) is 0 Å². The van der Waals surface area contributed by atoms with Gasteiger partial charge in [0.05, 0.1) is 11.6 Å². The molecule has 2 aliphatic rings. The number of methoxy groups -OCH3 is 1.